The van der Waals surface area contributed by atoms with Gasteiger partial charge in [0, 0.05) is 37.6 Å². The minimum atomic E-state index is -0.340. The summed E-state index contributed by atoms with van der Waals surface area (Å²) in [5.41, 5.74) is 1.33. The Morgan fingerprint density at radius 1 is 0.806 bits per heavy atom. The van der Waals surface area contributed by atoms with Crippen LogP contribution < -0.4 is 10.6 Å². The number of nitrogens with one attached hydrogen (secondary N) is 2. The van der Waals surface area contributed by atoms with Gasteiger partial charge >= 0.3 is 6.03 Å². The monoisotopic (exact) mass is 420 g/mol. The smallest absolute Gasteiger partial charge is 0.321 e. The summed E-state index contributed by atoms with van der Waals surface area (Å²) in [5.74, 6) is -0.492. The van der Waals surface area contributed by atoms with E-state index in [9.17, 15) is 14.0 Å². The molecule has 0 atom stereocenters. The van der Waals surface area contributed by atoms with Crippen LogP contribution in [0.5, 0.6) is 0 Å². The molecule has 3 aromatic rings. The normalized spacial score (nSPS) is 14.8. The molecule has 0 saturated carbocycles. The Morgan fingerprint density at radius 3 is 2.35 bits per heavy atom. The standard InChI is InChI=1S/C24H25FN4O2/c25-20-7-10-21(11-8-20)26-23(30)17-28-12-3-13-29(15-14-28)24(31)27-22-9-6-18-4-1-2-5-19(18)16-22/h1-2,4-11,16H,3,12-15,17H2,(H,26,30)(H,27,31). The van der Waals surface area contributed by atoms with E-state index in [2.05, 4.69) is 10.6 Å². The number of rotatable bonds is 4. The second-order valence-electron chi connectivity index (χ2n) is 7.66. The van der Waals surface area contributed by atoms with Crippen molar-refractivity contribution in [3.05, 3.63) is 72.5 Å². The van der Waals surface area contributed by atoms with E-state index in [0.29, 0.717) is 25.3 Å². The van der Waals surface area contributed by atoms with Crippen LogP contribution >= 0.6 is 0 Å². The van der Waals surface area contributed by atoms with Gasteiger partial charge < -0.3 is 15.5 Å². The molecule has 7 heteroatoms. The highest BCUT2D eigenvalue weighted by atomic mass is 19.1. The zero-order valence-corrected chi connectivity index (χ0v) is 17.2. The van der Waals surface area contributed by atoms with Crippen molar-refractivity contribution in [2.45, 2.75) is 6.42 Å². The maximum absolute atomic E-state index is 13.0. The number of hydrogen-bond acceptors (Lipinski definition) is 3. The van der Waals surface area contributed by atoms with Crippen molar-refractivity contribution in [3.8, 4) is 0 Å². The highest BCUT2D eigenvalue weighted by molar-refractivity contribution is 5.94. The van der Waals surface area contributed by atoms with Crippen molar-refractivity contribution in [3.63, 3.8) is 0 Å². The number of benzene rings is 3. The van der Waals surface area contributed by atoms with Gasteiger partial charge in [-0.25, -0.2) is 9.18 Å². The molecule has 0 aliphatic carbocycles. The van der Waals surface area contributed by atoms with Crippen molar-refractivity contribution in [2.24, 2.45) is 0 Å². The van der Waals surface area contributed by atoms with Crippen LogP contribution in [-0.2, 0) is 4.79 Å². The number of carbonyl (C=O) groups excluding carboxylic acids is 2. The fourth-order valence-corrected chi connectivity index (χ4v) is 3.74. The van der Waals surface area contributed by atoms with Crippen molar-refractivity contribution in [1.29, 1.82) is 0 Å². The SMILES string of the molecule is O=C(CN1CCCN(C(=O)Nc2ccc3ccccc3c2)CC1)Nc1ccc(F)cc1. The summed E-state index contributed by atoms with van der Waals surface area (Å²) in [4.78, 5) is 28.9. The number of halogens is 1. The fraction of sp³-hybridized carbons (Fsp3) is 0.250. The molecule has 6 nitrogen and oxygen atoms in total. The van der Waals surface area contributed by atoms with Crippen molar-refractivity contribution in [1.82, 2.24) is 9.80 Å². The topological polar surface area (TPSA) is 64.7 Å². The van der Waals surface area contributed by atoms with E-state index in [0.717, 1.165) is 29.4 Å². The number of fused-ring (bicyclic) bond motifs is 1. The minimum absolute atomic E-state index is 0.132. The molecule has 1 saturated heterocycles. The van der Waals surface area contributed by atoms with E-state index >= 15 is 0 Å². The molecular formula is C24H25FN4O2. The Morgan fingerprint density at radius 2 is 1.55 bits per heavy atom. The molecule has 0 unspecified atom stereocenters. The molecule has 1 fully saturated rings. The molecule has 1 aliphatic heterocycles. The highest BCUT2D eigenvalue weighted by Crippen LogP contribution is 2.19. The van der Waals surface area contributed by atoms with Gasteiger partial charge in [0.1, 0.15) is 5.82 Å². The van der Waals surface area contributed by atoms with Crippen molar-refractivity contribution >= 4 is 34.1 Å². The van der Waals surface area contributed by atoms with Gasteiger partial charge in [0.05, 0.1) is 6.54 Å². The number of anilines is 2. The summed E-state index contributed by atoms with van der Waals surface area (Å²) in [6.07, 6.45) is 0.787. The lowest BCUT2D eigenvalue weighted by Crippen LogP contribution is -2.39. The first-order valence-electron chi connectivity index (χ1n) is 10.4. The van der Waals surface area contributed by atoms with Gasteiger partial charge in [-0.1, -0.05) is 30.3 Å². The minimum Gasteiger partial charge on any atom is -0.325 e. The molecule has 0 aromatic heterocycles. The zero-order valence-electron chi connectivity index (χ0n) is 17.2. The van der Waals surface area contributed by atoms with Crippen LogP contribution in [0, 0.1) is 5.82 Å². The van der Waals surface area contributed by atoms with Crippen LogP contribution in [0.3, 0.4) is 0 Å². The average Bonchev–Trinajstić information content (AvgIpc) is 3.01. The number of hydrogen-bond donors (Lipinski definition) is 2. The molecule has 0 spiro atoms. The molecule has 3 aromatic carbocycles. The Kier molecular flexibility index (Phi) is 6.43. The molecule has 31 heavy (non-hydrogen) atoms. The first kappa shape index (κ1) is 20.8. The molecular weight excluding hydrogens is 395 g/mol. The fourth-order valence-electron chi connectivity index (χ4n) is 3.74. The van der Waals surface area contributed by atoms with Crippen molar-refractivity contribution in [2.75, 3.05) is 43.4 Å². The predicted octanol–water partition coefficient (Wildman–Crippen LogP) is 4.16. The Bertz CT molecular complexity index is 1070. The Labute approximate surface area is 180 Å². The van der Waals surface area contributed by atoms with Crippen molar-refractivity contribution < 1.29 is 14.0 Å². The molecule has 3 amide bonds. The van der Waals surface area contributed by atoms with E-state index < -0.39 is 0 Å². The van der Waals surface area contributed by atoms with E-state index in [1.807, 2.05) is 47.4 Å². The summed E-state index contributed by atoms with van der Waals surface area (Å²) < 4.78 is 13.0. The third kappa shape index (κ3) is 5.58. The molecule has 0 radical (unpaired) electrons. The van der Waals surface area contributed by atoms with Crippen LogP contribution in [0.1, 0.15) is 6.42 Å². The summed E-state index contributed by atoms with van der Waals surface area (Å²) in [7, 11) is 0. The van der Waals surface area contributed by atoms with Crippen LogP contribution in [-0.4, -0.2) is 54.5 Å². The molecule has 0 bridgehead atoms. The van der Waals surface area contributed by atoms with Gasteiger partial charge in [0.15, 0.2) is 0 Å². The van der Waals surface area contributed by atoms with Gasteiger partial charge in [0.25, 0.3) is 0 Å². The quantitative estimate of drug-likeness (QED) is 0.666. The van der Waals surface area contributed by atoms with E-state index in [-0.39, 0.29) is 24.3 Å². The molecule has 4 rings (SSSR count). The van der Waals surface area contributed by atoms with Gasteiger partial charge in [0.2, 0.25) is 5.91 Å². The highest BCUT2D eigenvalue weighted by Gasteiger charge is 2.20. The maximum Gasteiger partial charge on any atom is 0.321 e. The zero-order chi connectivity index (χ0) is 21.6. The molecule has 160 valence electrons. The third-order valence-electron chi connectivity index (χ3n) is 5.37. The van der Waals surface area contributed by atoms with Gasteiger partial charge in [-0.3, -0.25) is 9.69 Å². The molecule has 1 aliphatic rings. The Balaban J connectivity index is 1.29. The second-order valence-corrected chi connectivity index (χ2v) is 7.66. The lowest BCUT2D eigenvalue weighted by molar-refractivity contribution is -0.117. The van der Waals surface area contributed by atoms with Crippen LogP contribution in [0.25, 0.3) is 10.8 Å². The lowest BCUT2D eigenvalue weighted by atomic mass is 10.1. The van der Waals surface area contributed by atoms with Crippen LogP contribution in [0.2, 0.25) is 0 Å². The number of urea groups is 1. The average molecular weight is 420 g/mol. The van der Waals surface area contributed by atoms with E-state index in [1.54, 1.807) is 4.90 Å². The molecule has 2 N–H and O–H groups in total. The number of nitrogens with zero attached hydrogens (tertiary/aromatic N) is 2. The van der Waals surface area contributed by atoms with Crippen LogP contribution in [0.15, 0.2) is 66.7 Å². The number of amides is 3. The summed E-state index contributed by atoms with van der Waals surface area (Å²) in [5, 5.41) is 7.97. The Hall–Kier alpha value is -3.45. The van der Waals surface area contributed by atoms with E-state index in [4.69, 9.17) is 0 Å². The summed E-state index contributed by atoms with van der Waals surface area (Å²) >= 11 is 0. The lowest BCUT2D eigenvalue weighted by Gasteiger charge is -2.22. The van der Waals surface area contributed by atoms with Gasteiger partial charge in [-0.05, 0) is 53.6 Å². The predicted molar refractivity (Wildman–Crippen MR) is 121 cm³/mol. The summed E-state index contributed by atoms with van der Waals surface area (Å²) in [6, 6.07) is 19.5. The van der Waals surface area contributed by atoms with Crippen LogP contribution in [0.4, 0.5) is 20.6 Å². The second kappa shape index (κ2) is 9.57. The number of carbonyl (C=O) groups is 2. The summed E-state index contributed by atoms with van der Waals surface area (Å²) in [6.45, 7) is 2.76. The van der Waals surface area contributed by atoms with E-state index in [1.165, 1.54) is 24.3 Å². The maximum atomic E-state index is 13.0. The third-order valence-corrected chi connectivity index (χ3v) is 5.37. The van der Waals surface area contributed by atoms with Gasteiger partial charge in [-0.2, -0.15) is 0 Å². The molecule has 1 heterocycles. The largest absolute Gasteiger partial charge is 0.325 e. The van der Waals surface area contributed by atoms with Gasteiger partial charge in [-0.15, -0.1) is 0 Å². The first-order valence-corrected chi connectivity index (χ1v) is 10.4. The first-order chi connectivity index (χ1) is 15.1.